The monoisotopic (exact) mass is 291 g/mol. The molecule has 1 aliphatic carbocycles. The summed E-state index contributed by atoms with van der Waals surface area (Å²) in [6.45, 7) is 8.88. The van der Waals surface area contributed by atoms with E-state index in [4.69, 9.17) is 0 Å². The normalized spacial score (nSPS) is 16.4. The first kappa shape index (κ1) is 12.7. The average Bonchev–Trinajstić information content (AvgIpc) is 2.65. The third kappa shape index (κ3) is 4.30. The van der Waals surface area contributed by atoms with Crippen molar-refractivity contribution in [3.63, 3.8) is 0 Å². The van der Waals surface area contributed by atoms with Gasteiger partial charge in [-0.3, -0.25) is 0 Å². The van der Waals surface area contributed by atoms with E-state index in [9.17, 15) is 0 Å². The predicted molar refractivity (Wildman–Crippen MR) is 65.5 cm³/mol. The fourth-order valence-corrected chi connectivity index (χ4v) is 5.33. The van der Waals surface area contributed by atoms with Crippen LogP contribution in [0.15, 0.2) is 44.3 Å². The second kappa shape index (κ2) is 6.23. The van der Waals surface area contributed by atoms with E-state index in [0.29, 0.717) is 0 Å². The molecule has 0 unspecified atom stereocenters. The molecule has 0 amide bonds. The molecule has 1 rings (SSSR count). The minimum absolute atomic E-state index is 0.835. The van der Waals surface area contributed by atoms with E-state index < -0.39 is 16.0 Å². The Morgan fingerprint density at radius 2 is 2.13 bits per heavy atom. The van der Waals surface area contributed by atoms with E-state index in [1.807, 2.05) is 0 Å². The first-order chi connectivity index (χ1) is 7.13. The first-order valence-corrected chi connectivity index (χ1v) is 8.52. The summed E-state index contributed by atoms with van der Waals surface area (Å²) in [4.78, 5) is 0. The van der Waals surface area contributed by atoms with Gasteiger partial charge < -0.3 is 0 Å². The van der Waals surface area contributed by atoms with Crippen LogP contribution in [0, 0.1) is 0 Å². The summed E-state index contributed by atoms with van der Waals surface area (Å²) in [5.41, 5.74) is 2.84. The van der Waals surface area contributed by atoms with Gasteiger partial charge in [0.2, 0.25) is 0 Å². The standard InChI is InChI=1S/C7H11.C5H5.C2H5.Ru/c1-6(2)5-7(3)4;1-2-4-5-3-1;1-2;/h1,5H,2-4H3;1-3H,4H2;1H2,2H3;. The molecular formula is C14H21Ru. The molecule has 0 fully saturated rings. The Morgan fingerprint density at radius 3 is 2.60 bits per heavy atom. The molecule has 0 saturated heterocycles. The summed E-state index contributed by atoms with van der Waals surface area (Å²) in [5.74, 6) is 0. The van der Waals surface area contributed by atoms with Crippen molar-refractivity contribution in [2.75, 3.05) is 0 Å². The van der Waals surface area contributed by atoms with Crippen molar-refractivity contribution < 1.29 is 16.0 Å². The molecule has 0 aromatic rings. The zero-order valence-corrected chi connectivity index (χ0v) is 11.9. The van der Waals surface area contributed by atoms with E-state index >= 15 is 0 Å². The van der Waals surface area contributed by atoms with Gasteiger partial charge in [-0.2, -0.15) is 0 Å². The van der Waals surface area contributed by atoms with Gasteiger partial charge in [-0.1, -0.05) is 0 Å². The molecule has 0 radical (unpaired) electrons. The van der Waals surface area contributed by atoms with Gasteiger partial charge >= 0.3 is 99.4 Å². The Hall–Kier alpha value is -0.417. The number of rotatable bonds is 4. The Kier molecular flexibility index (Phi) is 5.25. The summed E-state index contributed by atoms with van der Waals surface area (Å²) < 4.78 is 4.24. The molecule has 85 valence electrons. The second-order valence-electron chi connectivity index (χ2n) is 3.92. The van der Waals surface area contributed by atoms with Gasteiger partial charge in [0, 0.05) is 0 Å². The molecule has 0 aliphatic heterocycles. The number of hydrogen-bond acceptors (Lipinski definition) is 0. The summed E-state index contributed by atoms with van der Waals surface area (Å²) in [6, 6.07) is 0. The third-order valence-corrected chi connectivity index (χ3v) is 6.88. The fraction of sp³-hybridized carbons (Fsp3) is 0.429. The van der Waals surface area contributed by atoms with Crippen LogP contribution in [-0.4, -0.2) is 0 Å². The molecule has 1 heteroatoms. The van der Waals surface area contributed by atoms with Crippen LogP contribution >= 0.6 is 0 Å². The van der Waals surface area contributed by atoms with Gasteiger partial charge in [0.05, 0.1) is 0 Å². The van der Waals surface area contributed by atoms with Gasteiger partial charge in [0.15, 0.2) is 0 Å². The molecule has 0 bridgehead atoms. The first-order valence-electron chi connectivity index (χ1n) is 5.42. The van der Waals surface area contributed by atoms with Crippen molar-refractivity contribution in [1.29, 1.82) is 0 Å². The van der Waals surface area contributed by atoms with Crippen molar-refractivity contribution in [3.8, 4) is 0 Å². The molecule has 0 spiro atoms. The van der Waals surface area contributed by atoms with Crippen LogP contribution in [0.2, 0.25) is 5.02 Å². The van der Waals surface area contributed by atoms with Crippen molar-refractivity contribution >= 4 is 0 Å². The predicted octanol–water partition coefficient (Wildman–Crippen LogP) is 4.76. The van der Waals surface area contributed by atoms with Gasteiger partial charge in [-0.15, -0.1) is 0 Å². The summed E-state index contributed by atoms with van der Waals surface area (Å²) in [7, 11) is 0. The molecule has 0 nitrogen and oxygen atoms in total. The maximum atomic E-state index is 2.54. The molecule has 0 heterocycles. The molecule has 0 aromatic heterocycles. The van der Waals surface area contributed by atoms with Gasteiger partial charge in [0.25, 0.3) is 0 Å². The Labute approximate surface area is 99.4 Å². The van der Waals surface area contributed by atoms with Crippen molar-refractivity contribution in [2.45, 2.75) is 39.1 Å². The number of allylic oxidation sites excluding steroid dienone is 7. The molecule has 0 aromatic carbocycles. The van der Waals surface area contributed by atoms with Gasteiger partial charge in [-0.25, -0.2) is 0 Å². The van der Waals surface area contributed by atoms with Crippen molar-refractivity contribution in [2.24, 2.45) is 0 Å². The van der Waals surface area contributed by atoms with Crippen LogP contribution in [0.4, 0.5) is 0 Å². The molecular weight excluding hydrogens is 269 g/mol. The topological polar surface area (TPSA) is 0 Å². The second-order valence-corrected chi connectivity index (χ2v) is 8.59. The zero-order chi connectivity index (χ0) is 11.3. The van der Waals surface area contributed by atoms with E-state index in [0.717, 1.165) is 0 Å². The summed E-state index contributed by atoms with van der Waals surface area (Å²) >= 11 is -0.835. The average molecular weight is 290 g/mol. The van der Waals surface area contributed by atoms with E-state index in [-0.39, 0.29) is 0 Å². The molecule has 15 heavy (non-hydrogen) atoms. The van der Waals surface area contributed by atoms with E-state index in [1.54, 1.807) is 4.17 Å². The molecule has 0 N–H and O–H groups in total. The SMILES string of the molecule is C[CH2][Ru]([CH]=C(C)C=C(C)C)[C]1=CC=CC1. The van der Waals surface area contributed by atoms with Crippen molar-refractivity contribution in [1.82, 2.24) is 0 Å². The van der Waals surface area contributed by atoms with E-state index in [2.05, 4.69) is 56.7 Å². The van der Waals surface area contributed by atoms with Gasteiger partial charge in [-0.05, 0) is 0 Å². The van der Waals surface area contributed by atoms with Crippen LogP contribution < -0.4 is 0 Å². The Balaban J connectivity index is 2.72. The minimum atomic E-state index is -0.835. The van der Waals surface area contributed by atoms with Crippen LogP contribution in [0.5, 0.6) is 0 Å². The van der Waals surface area contributed by atoms with Crippen LogP contribution in [-0.2, 0) is 16.0 Å². The quantitative estimate of drug-likeness (QED) is 0.517. The molecule has 1 aliphatic rings. The maximum absolute atomic E-state index is 2.54. The summed E-state index contributed by atoms with van der Waals surface area (Å²) in [5, 5.41) is 1.34. The van der Waals surface area contributed by atoms with E-state index in [1.165, 1.54) is 22.6 Å². The fourth-order valence-electron chi connectivity index (χ4n) is 1.56. The Morgan fingerprint density at radius 1 is 1.40 bits per heavy atom. The third-order valence-electron chi connectivity index (χ3n) is 2.08. The Bertz CT molecular complexity index is 325. The summed E-state index contributed by atoms with van der Waals surface area (Å²) in [6.07, 6.45) is 10.3. The van der Waals surface area contributed by atoms with Crippen LogP contribution in [0.25, 0.3) is 0 Å². The van der Waals surface area contributed by atoms with Gasteiger partial charge in [0.1, 0.15) is 0 Å². The van der Waals surface area contributed by atoms with Crippen molar-refractivity contribution in [3.05, 3.63) is 44.3 Å². The zero-order valence-electron chi connectivity index (χ0n) is 10.2. The van der Waals surface area contributed by atoms with Crippen LogP contribution in [0.1, 0.15) is 34.1 Å². The molecule has 0 saturated carbocycles. The molecule has 0 atom stereocenters. The van der Waals surface area contributed by atoms with Crippen LogP contribution in [0.3, 0.4) is 0 Å². The number of hydrogen-bond donors (Lipinski definition) is 0.